The van der Waals surface area contributed by atoms with Gasteiger partial charge in [-0.15, -0.1) is 0 Å². The molecule has 0 fully saturated rings. The quantitative estimate of drug-likeness (QED) is 0.545. The largest absolute Gasteiger partial charge is 0.143 e. The first-order chi connectivity index (χ1) is 12.8. The molecule has 1 unspecified atom stereocenters. The highest BCUT2D eigenvalue weighted by molar-refractivity contribution is 7.99. The van der Waals surface area contributed by atoms with Crippen LogP contribution in [0.4, 0.5) is 0 Å². The zero-order valence-electron chi connectivity index (χ0n) is 15.1. The molecule has 4 rings (SSSR count). The summed E-state index contributed by atoms with van der Waals surface area (Å²) in [6.07, 6.45) is 8.35. The normalized spacial score (nSPS) is 17.0. The van der Waals surface area contributed by atoms with E-state index in [9.17, 15) is 0 Å². The van der Waals surface area contributed by atoms with E-state index >= 15 is 0 Å². The summed E-state index contributed by atoms with van der Waals surface area (Å²) in [4.78, 5) is 0. The van der Waals surface area contributed by atoms with Gasteiger partial charge in [-0.1, -0.05) is 67.6 Å². The van der Waals surface area contributed by atoms with Crippen LogP contribution >= 0.6 is 7.26 Å². The summed E-state index contributed by atoms with van der Waals surface area (Å²) >= 11 is 0. The number of hydrogen-bond donors (Lipinski definition) is 0. The Morgan fingerprint density at radius 3 is 1.46 bits per heavy atom. The number of hydrogen-bond acceptors (Lipinski definition) is 0. The molecular weight excluding hydrogens is 331 g/mol. The summed E-state index contributed by atoms with van der Waals surface area (Å²) < 4.78 is 0. The van der Waals surface area contributed by atoms with Crippen LogP contribution in [-0.4, -0.2) is 0 Å². The molecule has 0 radical (unpaired) electrons. The Balaban J connectivity index is 2.09. The summed E-state index contributed by atoms with van der Waals surface area (Å²) in [5.74, 6) is 0.575. The van der Waals surface area contributed by atoms with Crippen LogP contribution in [0.5, 0.6) is 0 Å². The Labute approximate surface area is 157 Å². The van der Waals surface area contributed by atoms with Crippen molar-refractivity contribution in [3.63, 3.8) is 0 Å². The van der Waals surface area contributed by atoms with Gasteiger partial charge in [0.25, 0.3) is 0 Å². The maximum absolute atomic E-state index is 2.50. The van der Waals surface area contributed by atoms with Crippen molar-refractivity contribution < 1.29 is 0 Å². The highest BCUT2D eigenvalue weighted by Gasteiger charge is 2.48. The minimum absolute atomic E-state index is 0.575. The van der Waals surface area contributed by atoms with Crippen LogP contribution in [0, 0.1) is 5.92 Å². The fraction of sp³-hybridized carbons (Fsp3) is 0.120. The van der Waals surface area contributed by atoms with Crippen molar-refractivity contribution >= 4 is 23.2 Å². The molecular formula is C25H24P+. The van der Waals surface area contributed by atoms with E-state index < -0.39 is 7.26 Å². The molecule has 1 atom stereocenters. The number of benzene rings is 3. The second kappa shape index (κ2) is 7.44. The average Bonchev–Trinajstić information content (AvgIpc) is 2.71. The van der Waals surface area contributed by atoms with Gasteiger partial charge >= 0.3 is 0 Å². The molecule has 1 aliphatic rings. The lowest BCUT2D eigenvalue weighted by molar-refractivity contribution is 0.734. The van der Waals surface area contributed by atoms with Crippen molar-refractivity contribution in [1.82, 2.24) is 0 Å². The summed E-state index contributed by atoms with van der Waals surface area (Å²) in [6.45, 7) is 2.32. The van der Waals surface area contributed by atoms with Crippen molar-refractivity contribution in [3.05, 3.63) is 115 Å². The zero-order chi connectivity index (χ0) is 17.8. The van der Waals surface area contributed by atoms with E-state index in [-0.39, 0.29) is 0 Å². The van der Waals surface area contributed by atoms with Crippen LogP contribution in [0.1, 0.15) is 13.3 Å². The lowest BCUT2D eigenvalue weighted by atomic mass is 10.0. The maximum Gasteiger partial charge on any atom is 0.143 e. The van der Waals surface area contributed by atoms with Crippen molar-refractivity contribution in [2.75, 3.05) is 0 Å². The first-order valence-corrected chi connectivity index (χ1v) is 11.1. The monoisotopic (exact) mass is 355 g/mol. The van der Waals surface area contributed by atoms with Crippen molar-refractivity contribution in [2.45, 2.75) is 13.3 Å². The van der Waals surface area contributed by atoms with Crippen molar-refractivity contribution in [1.29, 1.82) is 0 Å². The minimum atomic E-state index is -1.89. The summed E-state index contributed by atoms with van der Waals surface area (Å²) in [5, 5.41) is 5.73. The highest BCUT2D eigenvalue weighted by Crippen LogP contribution is 2.63. The van der Waals surface area contributed by atoms with E-state index in [0.29, 0.717) is 5.92 Å². The van der Waals surface area contributed by atoms with Gasteiger partial charge in [-0.25, -0.2) is 0 Å². The lowest BCUT2D eigenvalue weighted by Gasteiger charge is -2.30. The van der Waals surface area contributed by atoms with E-state index in [1.807, 2.05) is 0 Å². The van der Waals surface area contributed by atoms with Gasteiger partial charge in [-0.2, -0.15) is 0 Å². The molecule has 0 N–H and O–H groups in total. The van der Waals surface area contributed by atoms with E-state index in [1.165, 1.54) is 21.2 Å². The first-order valence-electron chi connectivity index (χ1n) is 9.26. The molecule has 0 nitrogen and oxygen atoms in total. The van der Waals surface area contributed by atoms with E-state index in [2.05, 4.69) is 116 Å². The van der Waals surface area contributed by atoms with Gasteiger partial charge in [0, 0.05) is 0 Å². The Bertz CT molecular complexity index is 811. The topological polar surface area (TPSA) is 0 Å². The summed E-state index contributed by atoms with van der Waals surface area (Å²) in [5.41, 5.74) is 0. The average molecular weight is 355 g/mol. The third kappa shape index (κ3) is 2.96. The van der Waals surface area contributed by atoms with Crippen molar-refractivity contribution in [3.8, 4) is 0 Å². The molecule has 0 bridgehead atoms. The van der Waals surface area contributed by atoms with Gasteiger partial charge in [0.2, 0.25) is 0 Å². The molecule has 0 aliphatic heterocycles. The predicted octanol–water partition coefficient (Wildman–Crippen LogP) is 5.46. The smallest absolute Gasteiger partial charge is 0.0800 e. The van der Waals surface area contributed by atoms with Gasteiger partial charge in [0.05, 0.1) is 0 Å². The molecule has 3 aromatic rings. The number of rotatable bonds is 4. The molecule has 128 valence electrons. The highest BCUT2D eigenvalue weighted by atomic mass is 31.2. The lowest BCUT2D eigenvalue weighted by Crippen LogP contribution is -2.32. The van der Waals surface area contributed by atoms with Gasteiger partial charge in [0.1, 0.15) is 28.5 Å². The molecule has 0 saturated carbocycles. The Hall–Kier alpha value is -2.43. The fourth-order valence-electron chi connectivity index (χ4n) is 3.89. The summed E-state index contributed by atoms with van der Waals surface area (Å²) in [7, 11) is -1.89. The van der Waals surface area contributed by atoms with E-state index in [1.54, 1.807) is 0 Å². The third-order valence-corrected chi connectivity index (χ3v) is 9.36. The Morgan fingerprint density at radius 2 is 1.08 bits per heavy atom. The standard InChI is InChI=1S/C25H24P/c1-21-12-11-19-25(20-21)26(22-13-5-2-6-14-22,23-15-7-3-8-16-23)24-17-9-4-10-18-24/h2-11,13-21H,12H2,1H3/q+1. The molecule has 1 heteroatoms. The second-order valence-electron chi connectivity index (χ2n) is 6.88. The maximum atomic E-state index is 2.50. The molecule has 0 heterocycles. The third-order valence-electron chi connectivity index (χ3n) is 5.07. The molecule has 0 spiro atoms. The van der Waals surface area contributed by atoms with Gasteiger partial charge in [0.15, 0.2) is 0 Å². The van der Waals surface area contributed by atoms with Crippen molar-refractivity contribution in [2.24, 2.45) is 5.92 Å². The van der Waals surface area contributed by atoms with E-state index in [4.69, 9.17) is 0 Å². The Morgan fingerprint density at radius 1 is 0.654 bits per heavy atom. The Kier molecular flexibility index (Phi) is 4.87. The molecule has 1 aliphatic carbocycles. The van der Waals surface area contributed by atoms with Gasteiger partial charge < -0.3 is 0 Å². The SMILES string of the molecule is CC1C=C([P+](c2ccccc2)(c2ccccc2)c2ccccc2)C=CC1. The molecule has 0 aromatic heterocycles. The number of allylic oxidation sites excluding steroid dienone is 4. The van der Waals surface area contributed by atoms with Crippen LogP contribution in [-0.2, 0) is 0 Å². The van der Waals surface area contributed by atoms with E-state index in [0.717, 1.165) is 6.42 Å². The minimum Gasteiger partial charge on any atom is -0.0800 e. The second-order valence-corrected chi connectivity index (χ2v) is 10.3. The molecule has 26 heavy (non-hydrogen) atoms. The fourth-order valence-corrected chi connectivity index (χ4v) is 8.35. The molecule has 3 aromatic carbocycles. The molecule has 0 saturated heterocycles. The van der Waals surface area contributed by atoms with Crippen LogP contribution in [0.15, 0.2) is 115 Å². The summed E-state index contributed by atoms with van der Waals surface area (Å²) in [6, 6.07) is 33.2. The zero-order valence-corrected chi connectivity index (χ0v) is 16.0. The van der Waals surface area contributed by atoms with Crippen LogP contribution in [0.2, 0.25) is 0 Å². The van der Waals surface area contributed by atoms with Crippen LogP contribution < -0.4 is 15.9 Å². The first kappa shape index (κ1) is 17.0. The van der Waals surface area contributed by atoms with Crippen LogP contribution in [0.25, 0.3) is 0 Å². The van der Waals surface area contributed by atoms with Crippen LogP contribution in [0.3, 0.4) is 0 Å². The molecule has 0 amide bonds. The van der Waals surface area contributed by atoms with Gasteiger partial charge in [-0.3, -0.25) is 0 Å². The van der Waals surface area contributed by atoms with Gasteiger partial charge in [-0.05, 0) is 60.9 Å². The predicted molar refractivity (Wildman–Crippen MR) is 116 cm³/mol.